The van der Waals surface area contributed by atoms with Crippen molar-refractivity contribution in [1.82, 2.24) is 5.32 Å². The van der Waals surface area contributed by atoms with Crippen molar-refractivity contribution in [2.24, 2.45) is 5.92 Å². The monoisotopic (exact) mass is 195 g/mol. The molecule has 1 nitrogen and oxygen atoms in total. The Bertz CT molecular complexity index is 147. The van der Waals surface area contributed by atoms with E-state index in [1.54, 1.807) is 0 Å². The Hall–Kier alpha value is -0.300. The van der Waals surface area contributed by atoms with Gasteiger partial charge in [-0.1, -0.05) is 45.1 Å². The third-order valence-electron chi connectivity index (χ3n) is 3.25. The van der Waals surface area contributed by atoms with E-state index in [0.29, 0.717) is 6.04 Å². The average molecular weight is 195 g/mol. The number of hydrogen-bond donors (Lipinski definition) is 1. The van der Waals surface area contributed by atoms with E-state index < -0.39 is 0 Å². The van der Waals surface area contributed by atoms with Crippen molar-refractivity contribution in [3.05, 3.63) is 12.7 Å². The average Bonchev–Trinajstić information content (AvgIpc) is 2.25. The number of nitrogens with one attached hydrogen (secondary N) is 1. The highest BCUT2D eigenvalue weighted by Gasteiger charge is 2.16. The normalized spacial score (nSPS) is 20.6. The lowest BCUT2D eigenvalue weighted by Crippen LogP contribution is -2.30. The second-order valence-corrected chi connectivity index (χ2v) is 4.54. The Labute approximate surface area is 89.0 Å². The molecule has 0 aliphatic heterocycles. The van der Waals surface area contributed by atoms with Gasteiger partial charge in [-0.25, -0.2) is 0 Å². The summed E-state index contributed by atoms with van der Waals surface area (Å²) in [5, 5.41) is 3.55. The first kappa shape index (κ1) is 11.8. The lowest BCUT2D eigenvalue weighted by atomic mass is 9.85. The van der Waals surface area contributed by atoms with Crippen LogP contribution < -0.4 is 5.32 Å². The molecule has 1 unspecified atom stereocenters. The Morgan fingerprint density at radius 1 is 1.36 bits per heavy atom. The highest BCUT2D eigenvalue weighted by Crippen LogP contribution is 2.27. The van der Waals surface area contributed by atoms with E-state index in [1.807, 2.05) is 0 Å². The first-order valence-electron chi connectivity index (χ1n) is 6.22. The van der Waals surface area contributed by atoms with Crippen molar-refractivity contribution in [2.75, 3.05) is 6.54 Å². The summed E-state index contributed by atoms with van der Waals surface area (Å²) in [5.74, 6) is 0.955. The van der Waals surface area contributed by atoms with E-state index in [1.165, 1.54) is 44.9 Å². The van der Waals surface area contributed by atoms with E-state index in [0.717, 1.165) is 12.5 Å². The summed E-state index contributed by atoms with van der Waals surface area (Å²) >= 11 is 0. The molecule has 0 aromatic rings. The van der Waals surface area contributed by atoms with Crippen molar-refractivity contribution in [3.63, 3.8) is 0 Å². The zero-order chi connectivity index (χ0) is 10.2. The second kappa shape index (κ2) is 7.05. The van der Waals surface area contributed by atoms with E-state index in [2.05, 4.69) is 24.9 Å². The minimum absolute atomic E-state index is 0.554. The molecule has 1 atom stereocenters. The number of hydrogen-bond acceptors (Lipinski definition) is 1. The maximum absolute atomic E-state index is 3.92. The predicted octanol–water partition coefficient (Wildman–Crippen LogP) is 3.51. The maximum Gasteiger partial charge on any atom is 0.0250 e. The summed E-state index contributed by atoms with van der Waals surface area (Å²) < 4.78 is 0. The van der Waals surface area contributed by atoms with Gasteiger partial charge in [0.15, 0.2) is 0 Å². The molecule has 0 aromatic carbocycles. The van der Waals surface area contributed by atoms with Crippen molar-refractivity contribution in [1.29, 1.82) is 0 Å². The molecule has 1 saturated carbocycles. The summed E-state index contributed by atoms with van der Waals surface area (Å²) in [7, 11) is 0. The van der Waals surface area contributed by atoms with Crippen molar-refractivity contribution in [3.8, 4) is 0 Å². The lowest BCUT2D eigenvalue weighted by molar-refractivity contribution is 0.315. The van der Waals surface area contributed by atoms with Crippen LogP contribution in [0.3, 0.4) is 0 Å². The van der Waals surface area contributed by atoms with Gasteiger partial charge in [0.1, 0.15) is 0 Å². The molecular weight excluding hydrogens is 170 g/mol. The second-order valence-electron chi connectivity index (χ2n) is 4.54. The Kier molecular flexibility index (Phi) is 5.93. The molecule has 1 N–H and O–H groups in total. The summed E-state index contributed by atoms with van der Waals surface area (Å²) in [6.45, 7) is 7.26. The Balaban J connectivity index is 2.20. The smallest absolute Gasteiger partial charge is 0.0250 e. The van der Waals surface area contributed by atoms with Crippen LogP contribution >= 0.6 is 0 Å². The summed E-state index contributed by atoms with van der Waals surface area (Å²) in [6.07, 6.45) is 11.8. The molecule has 0 bridgehead atoms. The minimum atomic E-state index is 0.554. The summed E-state index contributed by atoms with van der Waals surface area (Å²) in [6, 6.07) is 0.554. The molecule has 0 saturated heterocycles. The van der Waals surface area contributed by atoms with Crippen LogP contribution in [0, 0.1) is 5.92 Å². The molecule has 1 aliphatic rings. The SMILES string of the molecule is C=CC(CC1CCCCC1)NCCC. The third kappa shape index (κ3) is 4.28. The van der Waals surface area contributed by atoms with Crippen molar-refractivity contribution in [2.45, 2.75) is 57.9 Å². The fourth-order valence-corrected chi connectivity index (χ4v) is 2.37. The first-order chi connectivity index (χ1) is 6.86. The van der Waals surface area contributed by atoms with Gasteiger partial charge in [-0.15, -0.1) is 6.58 Å². The van der Waals surface area contributed by atoms with Crippen LogP contribution in [0.4, 0.5) is 0 Å². The molecular formula is C13H25N. The van der Waals surface area contributed by atoms with Crippen LogP contribution in [0.5, 0.6) is 0 Å². The molecule has 1 fully saturated rings. The van der Waals surface area contributed by atoms with Crippen LogP contribution in [0.1, 0.15) is 51.9 Å². The third-order valence-corrected chi connectivity index (χ3v) is 3.25. The van der Waals surface area contributed by atoms with Gasteiger partial charge in [0, 0.05) is 6.04 Å². The minimum Gasteiger partial charge on any atom is -0.311 e. The molecule has 0 aromatic heterocycles. The van der Waals surface area contributed by atoms with Gasteiger partial charge in [0.25, 0.3) is 0 Å². The molecule has 0 spiro atoms. The highest BCUT2D eigenvalue weighted by molar-refractivity contribution is 4.87. The largest absolute Gasteiger partial charge is 0.311 e. The van der Waals surface area contributed by atoms with Gasteiger partial charge in [0.2, 0.25) is 0 Å². The van der Waals surface area contributed by atoms with Crippen LogP contribution in [0.15, 0.2) is 12.7 Å². The lowest BCUT2D eigenvalue weighted by Gasteiger charge is -2.25. The molecule has 82 valence electrons. The fourth-order valence-electron chi connectivity index (χ4n) is 2.37. The topological polar surface area (TPSA) is 12.0 Å². The van der Waals surface area contributed by atoms with Gasteiger partial charge < -0.3 is 5.32 Å². The van der Waals surface area contributed by atoms with Crippen molar-refractivity contribution < 1.29 is 0 Å². The Morgan fingerprint density at radius 3 is 2.64 bits per heavy atom. The van der Waals surface area contributed by atoms with Crippen molar-refractivity contribution >= 4 is 0 Å². The van der Waals surface area contributed by atoms with E-state index in [-0.39, 0.29) is 0 Å². The van der Waals surface area contributed by atoms with Gasteiger partial charge in [0.05, 0.1) is 0 Å². The quantitative estimate of drug-likeness (QED) is 0.640. The van der Waals surface area contributed by atoms with E-state index >= 15 is 0 Å². The van der Waals surface area contributed by atoms with Crippen LogP contribution in [0.2, 0.25) is 0 Å². The summed E-state index contributed by atoms with van der Waals surface area (Å²) in [5.41, 5.74) is 0. The van der Waals surface area contributed by atoms with Crippen LogP contribution in [-0.4, -0.2) is 12.6 Å². The first-order valence-corrected chi connectivity index (χ1v) is 6.22. The molecule has 1 aliphatic carbocycles. The van der Waals surface area contributed by atoms with Gasteiger partial charge >= 0.3 is 0 Å². The summed E-state index contributed by atoms with van der Waals surface area (Å²) in [4.78, 5) is 0. The standard InChI is InChI=1S/C13H25N/c1-3-10-14-13(4-2)11-12-8-6-5-7-9-12/h4,12-14H,2-3,5-11H2,1H3. The van der Waals surface area contributed by atoms with Crippen LogP contribution in [0.25, 0.3) is 0 Å². The van der Waals surface area contributed by atoms with Gasteiger partial charge in [-0.3, -0.25) is 0 Å². The zero-order valence-electron chi connectivity index (χ0n) is 9.60. The maximum atomic E-state index is 3.92. The predicted molar refractivity (Wildman–Crippen MR) is 63.5 cm³/mol. The molecule has 14 heavy (non-hydrogen) atoms. The molecule has 0 amide bonds. The van der Waals surface area contributed by atoms with Gasteiger partial charge in [-0.2, -0.15) is 0 Å². The zero-order valence-corrected chi connectivity index (χ0v) is 9.60. The fraction of sp³-hybridized carbons (Fsp3) is 0.846. The number of rotatable bonds is 6. The molecule has 0 radical (unpaired) electrons. The van der Waals surface area contributed by atoms with E-state index in [4.69, 9.17) is 0 Å². The molecule has 0 heterocycles. The molecule has 1 rings (SSSR count). The van der Waals surface area contributed by atoms with E-state index in [9.17, 15) is 0 Å². The van der Waals surface area contributed by atoms with Crippen LogP contribution in [-0.2, 0) is 0 Å². The van der Waals surface area contributed by atoms with Gasteiger partial charge in [-0.05, 0) is 25.3 Å². The highest BCUT2D eigenvalue weighted by atomic mass is 14.9. The molecule has 1 heteroatoms. The Morgan fingerprint density at radius 2 is 2.07 bits per heavy atom.